The van der Waals surface area contributed by atoms with E-state index < -0.39 is 0 Å². The fourth-order valence-corrected chi connectivity index (χ4v) is 2.59. The van der Waals surface area contributed by atoms with E-state index >= 15 is 0 Å². The number of benzene rings is 2. The quantitative estimate of drug-likeness (QED) is 0.809. The molecule has 2 rings (SSSR count). The molecule has 0 heterocycles. The van der Waals surface area contributed by atoms with Gasteiger partial charge in [-0.1, -0.05) is 18.2 Å². The smallest absolute Gasteiger partial charge is 0.171 e. The molecule has 1 unspecified atom stereocenters. The lowest BCUT2D eigenvalue weighted by Crippen LogP contribution is -2.30. The second kappa shape index (κ2) is 7.83. The van der Waals surface area contributed by atoms with Crippen LogP contribution in [0.25, 0.3) is 0 Å². The third-order valence-corrected chi connectivity index (χ3v) is 3.75. The van der Waals surface area contributed by atoms with E-state index in [1.807, 2.05) is 50.2 Å². The van der Waals surface area contributed by atoms with Crippen molar-refractivity contribution in [2.24, 2.45) is 0 Å². The van der Waals surface area contributed by atoms with E-state index in [9.17, 15) is 0 Å². The summed E-state index contributed by atoms with van der Waals surface area (Å²) in [5.74, 6) is 1.42. The molecule has 23 heavy (non-hydrogen) atoms. The van der Waals surface area contributed by atoms with E-state index in [2.05, 4.69) is 16.7 Å². The molecule has 2 aromatic rings. The number of methoxy groups -OCH3 is 2. The van der Waals surface area contributed by atoms with E-state index in [-0.39, 0.29) is 6.04 Å². The van der Waals surface area contributed by atoms with Gasteiger partial charge in [-0.05, 0) is 61.5 Å². The zero-order valence-corrected chi connectivity index (χ0v) is 14.7. The Labute approximate surface area is 142 Å². The third-order valence-electron chi connectivity index (χ3n) is 3.53. The number of hydrogen-bond donors (Lipinski definition) is 2. The summed E-state index contributed by atoms with van der Waals surface area (Å²) in [4.78, 5) is 0. The molecule has 0 radical (unpaired) electrons. The molecule has 0 bridgehead atoms. The number of ether oxygens (including phenoxy) is 2. The van der Waals surface area contributed by atoms with Crippen LogP contribution in [0.5, 0.6) is 11.5 Å². The zero-order chi connectivity index (χ0) is 16.8. The van der Waals surface area contributed by atoms with Gasteiger partial charge in [0.25, 0.3) is 0 Å². The van der Waals surface area contributed by atoms with Gasteiger partial charge in [-0.15, -0.1) is 0 Å². The van der Waals surface area contributed by atoms with Crippen molar-refractivity contribution in [3.8, 4) is 11.5 Å². The number of rotatable bonds is 5. The molecule has 0 aromatic heterocycles. The SMILES string of the molecule is COc1ccc(C(C)NC(=S)Nc2cccc(C)c2)cc1OC. The predicted molar refractivity (Wildman–Crippen MR) is 98.5 cm³/mol. The molecule has 0 aliphatic carbocycles. The average Bonchev–Trinajstić information content (AvgIpc) is 2.53. The Balaban J connectivity index is 2.03. The Kier molecular flexibility index (Phi) is 5.82. The van der Waals surface area contributed by atoms with Crippen LogP contribution in [-0.4, -0.2) is 19.3 Å². The summed E-state index contributed by atoms with van der Waals surface area (Å²) in [5, 5.41) is 7.06. The first-order chi connectivity index (χ1) is 11.0. The van der Waals surface area contributed by atoms with Crippen LogP contribution in [0.4, 0.5) is 5.69 Å². The van der Waals surface area contributed by atoms with Gasteiger partial charge in [-0.25, -0.2) is 0 Å². The highest BCUT2D eigenvalue weighted by Gasteiger charge is 2.11. The number of hydrogen-bond acceptors (Lipinski definition) is 3. The van der Waals surface area contributed by atoms with Crippen molar-refractivity contribution in [1.82, 2.24) is 5.32 Å². The number of anilines is 1. The topological polar surface area (TPSA) is 42.5 Å². The van der Waals surface area contributed by atoms with Crippen LogP contribution >= 0.6 is 12.2 Å². The van der Waals surface area contributed by atoms with E-state index in [0.29, 0.717) is 16.6 Å². The van der Waals surface area contributed by atoms with Crippen molar-refractivity contribution >= 4 is 23.0 Å². The summed E-state index contributed by atoms with van der Waals surface area (Å²) >= 11 is 5.39. The van der Waals surface area contributed by atoms with Gasteiger partial charge in [0.15, 0.2) is 16.6 Å². The Morgan fingerprint density at radius 3 is 2.43 bits per heavy atom. The minimum absolute atomic E-state index is 0.0413. The van der Waals surface area contributed by atoms with Gasteiger partial charge < -0.3 is 20.1 Å². The molecule has 2 N–H and O–H groups in total. The number of aryl methyl sites for hydroxylation is 1. The van der Waals surface area contributed by atoms with Gasteiger partial charge in [0.1, 0.15) is 0 Å². The summed E-state index contributed by atoms with van der Waals surface area (Å²) < 4.78 is 10.6. The zero-order valence-electron chi connectivity index (χ0n) is 13.8. The second-order valence-corrected chi connectivity index (χ2v) is 5.71. The minimum atomic E-state index is 0.0413. The molecule has 0 saturated carbocycles. The van der Waals surface area contributed by atoms with E-state index in [1.165, 1.54) is 5.56 Å². The van der Waals surface area contributed by atoms with Crippen molar-refractivity contribution < 1.29 is 9.47 Å². The molecule has 1 atom stereocenters. The van der Waals surface area contributed by atoms with Crippen molar-refractivity contribution in [1.29, 1.82) is 0 Å². The van der Waals surface area contributed by atoms with E-state index in [1.54, 1.807) is 14.2 Å². The Morgan fingerprint density at radius 2 is 1.78 bits per heavy atom. The first-order valence-corrected chi connectivity index (χ1v) is 7.80. The maximum absolute atomic E-state index is 5.39. The molecule has 0 aliphatic rings. The van der Waals surface area contributed by atoms with Crippen LogP contribution in [0.2, 0.25) is 0 Å². The number of thiocarbonyl (C=S) groups is 1. The predicted octanol–water partition coefficient (Wildman–Crippen LogP) is 4.06. The van der Waals surface area contributed by atoms with Gasteiger partial charge in [-0.2, -0.15) is 0 Å². The summed E-state index contributed by atoms with van der Waals surface area (Å²) in [7, 11) is 3.25. The lowest BCUT2D eigenvalue weighted by atomic mass is 10.1. The molecule has 5 heteroatoms. The molecular formula is C18H22N2O2S. The maximum Gasteiger partial charge on any atom is 0.171 e. The monoisotopic (exact) mass is 330 g/mol. The van der Waals surface area contributed by atoms with Crippen LogP contribution in [0.1, 0.15) is 24.1 Å². The average molecular weight is 330 g/mol. The fourth-order valence-electron chi connectivity index (χ4n) is 2.29. The molecule has 0 saturated heterocycles. The highest BCUT2D eigenvalue weighted by atomic mass is 32.1. The molecular weight excluding hydrogens is 308 g/mol. The minimum Gasteiger partial charge on any atom is -0.493 e. The molecule has 2 aromatic carbocycles. The van der Waals surface area contributed by atoms with Gasteiger partial charge in [-0.3, -0.25) is 0 Å². The lowest BCUT2D eigenvalue weighted by molar-refractivity contribution is 0.354. The maximum atomic E-state index is 5.39. The van der Waals surface area contributed by atoms with Crippen LogP contribution in [-0.2, 0) is 0 Å². The van der Waals surface area contributed by atoms with Crippen molar-refractivity contribution in [3.63, 3.8) is 0 Å². The lowest BCUT2D eigenvalue weighted by Gasteiger charge is -2.19. The van der Waals surface area contributed by atoms with Crippen LogP contribution < -0.4 is 20.1 Å². The molecule has 4 nitrogen and oxygen atoms in total. The second-order valence-electron chi connectivity index (χ2n) is 5.30. The largest absolute Gasteiger partial charge is 0.493 e. The standard InChI is InChI=1S/C18H22N2O2S/c1-12-6-5-7-15(10-12)20-18(23)19-13(2)14-8-9-16(21-3)17(11-14)22-4/h5-11,13H,1-4H3,(H2,19,20,23). The van der Waals surface area contributed by atoms with Crippen molar-refractivity contribution in [3.05, 3.63) is 53.6 Å². The molecule has 0 fully saturated rings. The van der Waals surface area contributed by atoms with Crippen molar-refractivity contribution in [2.45, 2.75) is 19.9 Å². The Bertz CT molecular complexity index is 688. The van der Waals surface area contributed by atoms with Crippen LogP contribution in [0, 0.1) is 6.92 Å². The molecule has 0 spiro atoms. The first-order valence-electron chi connectivity index (χ1n) is 7.39. The summed E-state index contributed by atoms with van der Waals surface area (Å²) in [6.45, 7) is 4.10. The summed E-state index contributed by atoms with van der Waals surface area (Å²) in [6, 6.07) is 14.0. The Morgan fingerprint density at radius 1 is 1.04 bits per heavy atom. The first kappa shape index (κ1) is 17.1. The van der Waals surface area contributed by atoms with Crippen LogP contribution in [0.3, 0.4) is 0 Å². The highest BCUT2D eigenvalue weighted by Crippen LogP contribution is 2.29. The van der Waals surface area contributed by atoms with Crippen LogP contribution in [0.15, 0.2) is 42.5 Å². The molecule has 122 valence electrons. The molecule has 0 amide bonds. The van der Waals surface area contributed by atoms with Crippen molar-refractivity contribution in [2.75, 3.05) is 19.5 Å². The highest BCUT2D eigenvalue weighted by molar-refractivity contribution is 7.80. The number of nitrogens with one attached hydrogen (secondary N) is 2. The molecule has 0 aliphatic heterocycles. The van der Waals surface area contributed by atoms with Gasteiger partial charge in [0.2, 0.25) is 0 Å². The summed E-state index contributed by atoms with van der Waals surface area (Å²) in [5.41, 5.74) is 3.23. The van der Waals surface area contributed by atoms with Gasteiger partial charge in [0.05, 0.1) is 20.3 Å². The van der Waals surface area contributed by atoms with E-state index in [4.69, 9.17) is 21.7 Å². The third kappa shape index (κ3) is 4.60. The van der Waals surface area contributed by atoms with Gasteiger partial charge >= 0.3 is 0 Å². The van der Waals surface area contributed by atoms with Gasteiger partial charge in [0, 0.05) is 5.69 Å². The normalized spacial score (nSPS) is 11.5. The van der Waals surface area contributed by atoms with E-state index in [0.717, 1.165) is 11.3 Å². The summed E-state index contributed by atoms with van der Waals surface area (Å²) in [6.07, 6.45) is 0. The Hall–Kier alpha value is -2.27. The fraction of sp³-hybridized carbons (Fsp3) is 0.278.